The SMILES string of the molecule is CC1C2=C(CCC[CH-]2)C2=C1CCCC2.CC1C2=C(CCC[CH-]2)C2=C1CCCC2.O=C(O)C1CCCCC1.O=C(O)C1CCCCC1.[Cl-].[Cl-].[Ti].[Ti]. The molecule has 0 aromatic carbocycles. The van der Waals surface area contributed by atoms with Crippen molar-refractivity contribution in [2.45, 2.75) is 168 Å². The third-order valence-electron chi connectivity index (χ3n) is 12.3. The Morgan fingerprint density at radius 3 is 1.12 bits per heavy atom. The zero-order chi connectivity index (χ0) is 32.5. The van der Waals surface area contributed by atoms with Gasteiger partial charge in [0.2, 0.25) is 0 Å². The van der Waals surface area contributed by atoms with E-state index < -0.39 is 11.9 Å². The Kier molecular flexibility index (Phi) is 23.0. The number of allylic oxidation sites excluding steroid dienone is 8. The Labute approximate surface area is 346 Å². The Morgan fingerprint density at radius 2 is 0.800 bits per heavy atom. The maximum absolute atomic E-state index is 10.4. The first-order chi connectivity index (χ1) is 22.4. The molecule has 0 saturated heterocycles. The molecule has 0 aromatic rings. The number of halogens is 2. The Balaban J connectivity index is 0.000000332. The molecule has 8 aliphatic carbocycles. The molecule has 0 aliphatic heterocycles. The van der Waals surface area contributed by atoms with E-state index in [1.165, 1.54) is 103 Å². The van der Waals surface area contributed by atoms with Gasteiger partial charge < -0.3 is 35.0 Å². The van der Waals surface area contributed by atoms with Crippen LogP contribution in [0.5, 0.6) is 0 Å². The van der Waals surface area contributed by atoms with Gasteiger partial charge in [-0.05, 0) is 76.0 Å². The van der Waals surface area contributed by atoms with Crippen LogP contribution in [0.4, 0.5) is 0 Å². The molecule has 2 fully saturated rings. The molecule has 8 heteroatoms. The number of carbonyl (C=O) groups is 2. The van der Waals surface area contributed by atoms with Gasteiger partial charge in [-0.15, -0.1) is 24.0 Å². The van der Waals surface area contributed by atoms with Gasteiger partial charge in [0, 0.05) is 43.4 Å². The summed E-state index contributed by atoms with van der Waals surface area (Å²) in [5.74, 6) is 0.295. The molecule has 4 nitrogen and oxygen atoms in total. The minimum absolute atomic E-state index is 0. The van der Waals surface area contributed by atoms with Gasteiger partial charge >= 0.3 is 11.9 Å². The predicted octanol–water partition coefficient (Wildman–Crippen LogP) is 5.69. The molecule has 2 N–H and O–H groups in total. The van der Waals surface area contributed by atoms with E-state index in [4.69, 9.17) is 10.2 Å². The van der Waals surface area contributed by atoms with E-state index in [1.807, 2.05) is 0 Å². The molecule has 2 atom stereocenters. The summed E-state index contributed by atoms with van der Waals surface area (Å²) in [4.78, 5) is 20.7. The summed E-state index contributed by atoms with van der Waals surface area (Å²) in [6.07, 6.45) is 34.9. The van der Waals surface area contributed by atoms with Crippen LogP contribution in [0.25, 0.3) is 0 Å². The van der Waals surface area contributed by atoms with E-state index in [1.54, 1.807) is 44.6 Å². The fourth-order valence-corrected chi connectivity index (χ4v) is 9.71. The fourth-order valence-electron chi connectivity index (χ4n) is 9.71. The summed E-state index contributed by atoms with van der Waals surface area (Å²) in [7, 11) is 0. The molecule has 2 unspecified atom stereocenters. The van der Waals surface area contributed by atoms with Crippen LogP contribution in [0.15, 0.2) is 44.6 Å². The quantitative estimate of drug-likeness (QED) is 0.279. The van der Waals surface area contributed by atoms with Crippen LogP contribution < -0.4 is 24.8 Å². The van der Waals surface area contributed by atoms with Crippen molar-refractivity contribution in [3.05, 3.63) is 57.4 Å². The Bertz CT molecular complexity index is 1070. The Morgan fingerprint density at radius 1 is 0.480 bits per heavy atom. The van der Waals surface area contributed by atoms with Gasteiger partial charge in [0.25, 0.3) is 0 Å². The third-order valence-corrected chi connectivity index (χ3v) is 12.3. The summed E-state index contributed by atoms with van der Waals surface area (Å²) in [6, 6.07) is 0. The maximum atomic E-state index is 10.4. The van der Waals surface area contributed by atoms with E-state index in [0.29, 0.717) is 0 Å². The van der Waals surface area contributed by atoms with E-state index >= 15 is 0 Å². The number of fused-ring (bicyclic) bond motifs is 2. The van der Waals surface area contributed by atoms with E-state index in [-0.39, 0.29) is 80.1 Å². The number of rotatable bonds is 2. The van der Waals surface area contributed by atoms with Crippen LogP contribution in [-0.4, -0.2) is 22.2 Å². The number of carboxylic acids is 2. The molecule has 0 heterocycles. The fraction of sp³-hybridized carbons (Fsp3) is 0.714. The summed E-state index contributed by atoms with van der Waals surface area (Å²) < 4.78 is 0. The first kappa shape index (κ1) is 47.7. The van der Waals surface area contributed by atoms with Gasteiger partial charge in [0.15, 0.2) is 0 Å². The van der Waals surface area contributed by atoms with Crippen LogP contribution >= 0.6 is 0 Å². The summed E-state index contributed by atoms with van der Waals surface area (Å²) in [6.45, 7) is 4.84. The smallest absolute Gasteiger partial charge is 0.306 e. The second-order valence-electron chi connectivity index (χ2n) is 15.3. The first-order valence-corrected chi connectivity index (χ1v) is 19.4. The van der Waals surface area contributed by atoms with Gasteiger partial charge in [0.1, 0.15) is 0 Å². The van der Waals surface area contributed by atoms with Gasteiger partial charge in [0.05, 0.1) is 11.8 Å². The second-order valence-corrected chi connectivity index (χ2v) is 15.3. The van der Waals surface area contributed by atoms with Crippen LogP contribution in [0.2, 0.25) is 0 Å². The van der Waals surface area contributed by atoms with E-state index in [2.05, 4.69) is 26.7 Å². The molecule has 2 saturated carbocycles. The summed E-state index contributed by atoms with van der Waals surface area (Å²) in [5, 5.41) is 17.1. The molecule has 0 aromatic heterocycles. The summed E-state index contributed by atoms with van der Waals surface area (Å²) in [5.41, 5.74) is 14.1. The van der Waals surface area contributed by atoms with E-state index in [9.17, 15) is 9.59 Å². The Hall–Kier alpha value is -0.351. The van der Waals surface area contributed by atoms with Gasteiger partial charge in [-0.3, -0.25) is 9.59 Å². The van der Waals surface area contributed by atoms with Crippen LogP contribution in [-0.2, 0) is 53.0 Å². The van der Waals surface area contributed by atoms with Gasteiger partial charge in [-0.1, -0.05) is 102 Å². The number of hydrogen-bond acceptors (Lipinski definition) is 2. The van der Waals surface area contributed by atoms with Crippen molar-refractivity contribution in [2.75, 3.05) is 0 Å². The van der Waals surface area contributed by atoms with Crippen molar-refractivity contribution in [3.63, 3.8) is 0 Å². The minimum atomic E-state index is -0.602. The van der Waals surface area contributed by atoms with Gasteiger partial charge in [-0.25, -0.2) is 24.0 Å². The topological polar surface area (TPSA) is 74.6 Å². The van der Waals surface area contributed by atoms with Crippen molar-refractivity contribution < 1.29 is 88.1 Å². The number of hydrogen-bond donors (Lipinski definition) is 2. The predicted molar refractivity (Wildman–Crippen MR) is 188 cm³/mol. The molecule has 280 valence electrons. The van der Waals surface area contributed by atoms with Crippen molar-refractivity contribution in [1.82, 2.24) is 0 Å². The third kappa shape index (κ3) is 12.3. The van der Waals surface area contributed by atoms with Crippen LogP contribution in [0.3, 0.4) is 0 Å². The molecule has 0 bridgehead atoms. The van der Waals surface area contributed by atoms with Crippen molar-refractivity contribution in [2.24, 2.45) is 23.7 Å². The molecular formula is C42H62Cl2O4Ti2-4. The monoisotopic (exact) mass is 796 g/mol. The van der Waals surface area contributed by atoms with Crippen molar-refractivity contribution in [3.8, 4) is 0 Å². The number of carboxylic acid groups (broad SMARTS) is 2. The average Bonchev–Trinajstić information content (AvgIpc) is 3.57. The van der Waals surface area contributed by atoms with Crippen molar-refractivity contribution in [1.29, 1.82) is 0 Å². The standard InChI is InChI=1S/2C14H19.2C7H12O2.2ClH.2Ti/c2*1-10-11-6-2-4-8-13(11)14-9-5-3-7-12(10)14;2*8-7(9)6-4-2-1-3-5-6;;;;/h2*6,10H,2-5,7-9H2,1H3;2*6H,1-5H2,(H,8,9);2*1H;;/q2*-1;;;;;;/p-2. The minimum Gasteiger partial charge on any atom is -1.00 e. The maximum Gasteiger partial charge on any atom is 0.306 e. The molecule has 50 heavy (non-hydrogen) atoms. The molecular weight excluding hydrogens is 735 g/mol. The van der Waals surface area contributed by atoms with Crippen LogP contribution in [0, 0.1) is 36.5 Å². The normalized spacial score (nSPS) is 25.4. The molecule has 0 amide bonds. The molecule has 8 rings (SSSR count). The molecule has 8 aliphatic rings. The molecule has 0 spiro atoms. The zero-order valence-electron chi connectivity index (χ0n) is 30.9. The molecule has 0 radical (unpaired) electrons. The zero-order valence-corrected chi connectivity index (χ0v) is 35.5. The first-order valence-electron chi connectivity index (χ1n) is 19.4. The second kappa shape index (κ2) is 24.1. The van der Waals surface area contributed by atoms with Gasteiger partial charge in [-0.2, -0.15) is 11.1 Å². The largest absolute Gasteiger partial charge is 1.00 e. The van der Waals surface area contributed by atoms with E-state index in [0.717, 1.165) is 63.2 Å². The van der Waals surface area contributed by atoms with Crippen LogP contribution in [0.1, 0.15) is 168 Å². The summed E-state index contributed by atoms with van der Waals surface area (Å²) >= 11 is 0. The van der Waals surface area contributed by atoms with Crippen molar-refractivity contribution >= 4 is 11.9 Å². The average molecular weight is 798 g/mol. The number of aliphatic carboxylic acids is 2.